The van der Waals surface area contributed by atoms with Crippen molar-refractivity contribution in [2.24, 2.45) is 0 Å². The van der Waals surface area contributed by atoms with E-state index in [4.69, 9.17) is 18.9 Å². The first-order chi connectivity index (χ1) is 13.2. The zero-order valence-corrected chi connectivity index (χ0v) is 17.2. The molecule has 0 N–H and O–H groups in total. The number of amides is 1. The Bertz CT molecular complexity index is 811. The third-order valence-electron chi connectivity index (χ3n) is 4.58. The van der Waals surface area contributed by atoms with E-state index in [1.54, 1.807) is 12.1 Å². The van der Waals surface area contributed by atoms with Gasteiger partial charge < -0.3 is 23.8 Å². The minimum absolute atomic E-state index is 0.0609. The molecule has 0 unspecified atom stereocenters. The molecule has 1 fully saturated rings. The summed E-state index contributed by atoms with van der Waals surface area (Å²) in [7, 11) is 2.83. The first kappa shape index (κ1) is 21.8. The van der Waals surface area contributed by atoms with Crippen LogP contribution in [0.5, 0.6) is 17.2 Å². The van der Waals surface area contributed by atoms with E-state index in [9.17, 15) is 18.0 Å². The monoisotopic (exact) mass is 415 g/mol. The van der Waals surface area contributed by atoms with Crippen molar-refractivity contribution in [1.82, 2.24) is 4.90 Å². The van der Waals surface area contributed by atoms with Crippen LogP contribution in [0.3, 0.4) is 0 Å². The molecule has 0 radical (unpaired) electrons. The maximum absolute atomic E-state index is 12.2. The maximum Gasteiger partial charge on any atom is 0.310 e. The zero-order valence-electron chi connectivity index (χ0n) is 16.4. The fourth-order valence-electron chi connectivity index (χ4n) is 2.98. The van der Waals surface area contributed by atoms with E-state index in [1.807, 2.05) is 0 Å². The Morgan fingerprint density at radius 2 is 1.71 bits per heavy atom. The van der Waals surface area contributed by atoms with Crippen molar-refractivity contribution in [2.75, 3.05) is 46.5 Å². The molecule has 1 amide bonds. The lowest BCUT2D eigenvalue weighted by Crippen LogP contribution is -2.40. The summed E-state index contributed by atoms with van der Waals surface area (Å²) in [5.41, 5.74) is 0.571. The number of carbonyl (C=O) groups excluding carboxylic acids is 2. The standard InChI is InChI=1S/C18H25NO8S/c1-19(13-5-6-28(22,23)11-13)16(20)10-27-17(21)9-12-7-14(24-2)18(26-4)15(8-12)25-3/h7-8,13H,5-6,9-11H2,1-4H3/t13-/m0/s1. The van der Waals surface area contributed by atoms with Crippen molar-refractivity contribution in [2.45, 2.75) is 18.9 Å². The Kier molecular flexibility index (Phi) is 7.11. The van der Waals surface area contributed by atoms with E-state index >= 15 is 0 Å². The Hall–Kier alpha value is -2.49. The number of nitrogens with zero attached hydrogens (tertiary/aromatic N) is 1. The van der Waals surface area contributed by atoms with Gasteiger partial charge in [-0.3, -0.25) is 9.59 Å². The van der Waals surface area contributed by atoms with E-state index in [0.717, 1.165) is 0 Å². The zero-order chi connectivity index (χ0) is 20.9. The van der Waals surface area contributed by atoms with Crippen molar-refractivity contribution < 1.29 is 37.0 Å². The third kappa shape index (κ3) is 5.28. The van der Waals surface area contributed by atoms with E-state index in [0.29, 0.717) is 29.2 Å². The number of likely N-dealkylation sites (N-methyl/N-ethyl adjacent to an activating group) is 1. The molecule has 1 aliphatic rings. The van der Waals surface area contributed by atoms with Crippen LogP contribution in [0.1, 0.15) is 12.0 Å². The van der Waals surface area contributed by atoms with Crippen LogP contribution in [0.2, 0.25) is 0 Å². The summed E-state index contributed by atoms with van der Waals surface area (Å²) in [4.78, 5) is 25.6. The lowest BCUT2D eigenvalue weighted by Gasteiger charge is -2.23. The van der Waals surface area contributed by atoms with Crippen LogP contribution in [-0.4, -0.2) is 77.7 Å². The molecule has 0 aromatic heterocycles. The van der Waals surface area contributed by atoms with Gasteiger partial charge in [0.2, 0.25) is 5.75 Å². The molecule has 1 saturated heterocycles. The molecule has 0 spiro atoms. The van der Waals surface area contributed by atoms with Crippen LogP contribution in [0.4, 0.5) is 0 Å². The SMILES string of the molecule is COc1cc(CC(=O)OCC(=O)N(C)[C@H]2CCS(=O)(=O)C2)cc(OC)c1OC. The maximum atomic E-state index is 12.2. The summed E-state index contributed by atoms with van der Waals surface area (Å²) in [6.45, 7) is -0.448. The summed E-state index contributed by atoms with van der Waals surface area (Å²) in [6.07, 6.45) is 0.301. The number of benzene rings is 1. The Morgan fingerprint density at radius 3 is 2.18 bits per heavy atom. The highest BCUT2D eigenvalue weighted by atomic mass is 32.2. The fraction of sp³-hybridized carbons (Fsp3) is 0.556. The second-order valence-electron chi connectivity index (χ2n) is 6.43. The van der Waals surface area contributed by atoms with E-state index < -0.39 is 28.3 Å². The largest absolute Gasteiger partial charge is 0.493 e. The number of rotatable bonds is 8. The summed E-state index contributed by atoms with van der Waals surface area (Å²) >= 11 is 0. The van der Waals surface area contributed by atoms with Crippen LogP contribution in [0, 0.1) is 0 Å². The molecular weight excluding hydrogens is 390 g/mol. The highest BCUT2D eigenvalue weighted by molar-refractivity contribution is 7.91. The van der Waals surface area contributed by atoms with E-state index in [1.165, 1.54) is 33.3 Å². The predicted molar refractivity (Wildman–Crippen MR) is 101 cm³/mol. The molecule has 10 heteroatoms. The van der Waals surface area contributed by atoms with Crippen molar-refractivity contribution in [3.05, 3.63) is 17.7 Å². The molecule has 1 aliphatic heterocycles. The minimum atomic E-state index is -3.10. The Balaban J connectivity index is 1.94. The number of sulfone groups is 1. The molecule has 9 nitrogen and oxygen atoms in total. The van der Waals surface area contributed by atoms with Gasteiger partial charge in [-0.2, -0.15) is 0 Å². The highest BCUT2D eigenvalue weighted by Gasteiger charge is 2.32. The summed E-state index contributed by atoms with van der Waals surface area (Å²) in [6, 6.07) is 2.87. The predicted octanol–water partition coefficient (Wildman–Crippen LogP) is 0.444. The van der Waals surface area contributed by atoms with Gasteiger partial charge in [0, 0.05) is 13.1 Å². The molecule has 28 heavy (non-hydrogen) atoms. The van der Waals surface area contributed by atoms with Crippen molar-refractivity contribution in [1.29, 1.82) is 0 Å². The van der Waals surface area contributed by atoms with Gasteiger partial charge in [0.05, 0.1) is 39.3 Å². The number of hydrogen-bond acceptors (Lipinski definition) is 8. The van der Waals surface area contributed by atoms with Gasteiger partial charge >= 0.3 is 5.97 Å². The molecule has 1 aromatic rings. The smallest absolute Gasteiger partial charge is 0.310 e. The molecule has 0 aliphatic carbocycles. The average Bonchev–Trinajstić information content (AvgIpc) is 3.04. The molecule has 1 aromatic carbocycles. The number of carbonyl (C=O) groups is 2. The van der Waals surface area contributed by atoms with Gasteiger partial charge in [0.1, 0.15) is 0 Å². The number of methoxy groups -OCH3 is 3. The summed E-state index contributed by atoms with van der Waals surface area (Å²) in [5.74, 6) is 0.178. The van der Waals surface area contributed by atoms with E-state index in [2.05, 4.69) is 0 Å². The van der Waals surface area contributed by atoms with Crippen LogP contribution >= 0.6 is 0 Å². The molecule has 0 saturated carbocycles. The van der Waals surface area contributed by atoms with E-state index in [-0.39, 0.29) is 24.0 Å². The average molecular weight is 415 g/mol. The minimum Gasteiger partial charge on any atom is -0.493 e. The van der Waals surface area contributed by atoms with Crippen LogP contribution in [-0.2, 0) is 30.6 Å². The summed E-state index contributed by atoms with van der Waals surface area (Å²) in [5, 5.41) is 0. The third-order valence-corrected chi connectivity index (χ3v) is 6.33. The molecular formula is C18H25NO8S. The van der Waals surface area contributed by atoms with Crippen molar-refractivity contribution in [3.8, 4) is 17.2 Å². The van der Waals surface area contributed by atoms with Crippen LogP contribution < -0.4 is 14.2 Å². The normalized spacial score (nSPS) is 17.6. The first-order valence-electron chi connectivity index (χ1n) is 8.61. The molecule has 0 bridgehead atoms. The Morgan fingerprint density at radius 1 is 1.11 bits per heavy atom. The van der Waals surface area contributed by atoms with Gasteiger partial charge in [-0.25, -0.2) is 8.42 Å². The lowest BCUT2D eigenvalue weighted by molar-refractivity contribution is -0.151. The van der Waals surface area contributed by atoms with Crippen LogP contribution in [0.25, 0.3) is 0 Å². The van der Waals surface area contributed by atoms with Gasteiger partial charge in [0.15, 0.2) is 27.9 Å². The molecule has 1 heterocycles. The molecule has 2 rings (SSSR count). The topological polar surface area (TPSA) is 108 Å². The second kappa shape index (κ2) is 9.13. The van der Waals surface area contributed by atoms with Crippen LogP contribution in [0.15, 0.2) is 12.1 Å². The van der Waals surface area contributed by atoms with Crippen molar-refractivity contribution in [3.63, 3.8) is 0 Å². The van der Waals surface area contributed by atoms with Gasteiger partial charge in [0.25, 0.3) is 5.91 Å². The van der Waals surface area contributed by atoms with Gasteiger partial charge in [-0.15, -0.1) is 0 Å². The second-order valence-corrected chi connectivity index (χ2v) is 8.66. The lowest BCUT2D eigenvalue weighted by atomic mass is 10.1. The number of esters is 1. The quantitative estimate of drug-likeness (QED) is 0.563. The number of ether oxygens (including phenoxy) is 4. The van der Waals surface area contributed by atoms with Gasteiger partial charge in [-0.05, 0) is 24.1 Å². The highest BCUT2D eigenvalue weighted by Crippen LogP contribution is 2.38. The molecule has 1 atom stereocenters. The fourth-order valence-corrected chi connectivity index (χ4v) is 4.76. The van der Waals surface area contributed by atoms with Crippen molar-refractivity contribution >= 4 is 21.7 Å². The summed E-state index contributed by atoms with van der Waals surface area (Å²) < 4.78 is 43.8. The molecule has 156 valence electrons. The first-order valence-corrected chi connectivity index (χ1v) is 10.4. The Labute approximate surface area is 164 Å². The van der Waals surface area contributed by atoms with Gasteiger partial charge in [-0.1, -0.05) is 0 Å². The number of hydrogen-bond donors (Lipinski definition) is 0.